The third-order valence-corrected chi connectivity index (χ3v) is 6.15. The van der Waals surface area contributed by atoms with Crippen molar-refractivity contribution < 1.29 is 9.84 Å². The molecule has 3 aromatic rings. The number of rotatable bonds is 5. The maximum atomic E-state index is 10.6. The third kappa shape index (κ3) is 3.44. The molecule has 0 spiro atoms. The number of benzene rings is 1. The van der Waals surface area contributed by atoms with Gasteiger partial charge in [0, 0.05) is 31.2 Å². The highest BCUT2D eigenvalue weighted by molar-refractivity contribution is 7.80. The zero-order chi connectivity index (χ0) is 20.5. The molecule has 7 heteroatoms. The lowest BCUT2D eigenvalue weighted by atomic mass is 10.0. The summed E-state index contributed by atoms with van der Waals surface area (Å²) in [5.41, 5.74) is 2.70. The van der Waals surface area contributed by atoms with E-state index >= 15 is 0 Å². The molecule has 0 amide bonds. The molecule has 0 saturated carbocycles. The van der Waals surface area contributed by atoms with E-state index in [1.165, 1.54) is 0 Å². The smallest absolute Gasteiger partial charge is 0.174 e. The molecular formula is C23H24N4O2S. The Morgan fingerprint density at radius 1 is 1.13 bits per heavy atom. The van der Waals surface area contributed by atoms with Gasteiger partial charge in [-0.15, -0.1) is 0 Å². The summed E-state index contributed by atoms with van der Waals surface area (Å²) in [5.74, 6) is 0.200. The van der Waals surface area contributed by atoms with Crippen molar-refractivity contribution in [3.63, 3.8) is 0 Å². The zero-order valence-corrected chi connectivity index (χ0v) is 17.3. The monoisotopic (exact) mass is 420 g/mol. The molecule has 1 aromatic carbocycles. The first kappa shape index (κ1) is 19.1. The van der Waals surface area contributed by atoms with E-state index < -0.39 is 0 Å². The van der Waals surface area contributed by atoms with Gasteiger partial charge in [0.2, 0.25) is 0 Å². The molecule has 0 radical (unpaired) electrons. The quantitative estimate of drug-likeness (QED) is 0.610. The summed E-state index contributed by atoms with van der Waals surface area (Å²) in [6, 6.07) is 17.1. The molecule has 154 valence electrons. The standard InChI is InChI=1S/C23H24N4O2S/c28-20-11-2-1-9-18(20)27-22(21(25-23(27)30)17-8-3-4-12-24-17)19-10-5-13-26(19)15-16-7-6-14-29-16/h1-5,8-13,16,21-22,28H,6-7,14-15H2,(H,25,30)/t16-,21-,22+/m1/s1. The van der Waals surface area contributed by atoms with Gasteiger partial charge in [-0.1, -0.05) is 18.2 Å². The normalized spacial score (nSPS) is 23.7. The van der Waals surface area contributed by atoms with Crippen molar-refractivity contribution in [3.05, 3.63) is 78.4 Å². The number of aromatic nitrogens is 2. The van der Waals surface area contributed by atoms with Gasteiger partial charge in [-0.05, 0) is 61.5 Å². The molecule has 0 aliphatic carbocycles. The molecule has 6 nitrogen and oxygen atoms in total. The van der Waals surface area contributed by atoms with Gasteiger partial charge in [0.15, 0.2) is 5.11 Å². The van der Waals surface area contributed by atoms with E-state index in [1.807, 2.05) is 41.3 Å². The second kappa shape index (κ2) is 8.08. The molecule has 30 heavy (non-hydrogen) atoms. The second-order valence-electron chi connectivity index (χ2n) is 7.71. The molecule has 2 aliphatic heterocycles. The number of ether oxygens (including phenoxy) is 1. The topological polar surface area (TPSA) is 62.5 Å². The minimum absolute atomic E-state index is 0.142. The molecule has 2 aliphatic rings. The molecule has 2 saturated heterocycles. The highest BCUT2D eigenvalue weighted by Gasteiger charge is 2.43. The van der Waals surface area contributed by atoms with Crippen LogP contribution in [0.15, 0.2) is 67.0 Å². The number of hydrogen-bond acceptors (Lipinski definition) is 4. The van der Waals surface area contributed by atoms with Gasteiger partial charge < -0.3 is 24.6 Å². The number of aromatic hydroxyl groups is 1. The zero-order valence-electron chi connectivity index (χ0n) is 16.5. The van der Waals surface area contributed by atoms with Crippen molar-refractivity contribution in [2.24, 2.45) is 0 Å². The number of hydrogen-bond donors (Lipinski definition) is 2. The SMILES string of the molecule is Oc1ccccc1N1C(=S)N[C@H](c2ccccn2)[C@@H]1c1cccn1C[C@H]1CCCO1. The van der Waals surface area contributed by atoms with Crippen molar-refractivity contribution in [3.8, 4) is 5.75 Å². The lowest BCUT2D eigenvalue weighted by molar-refractivity contribution is 0.0961. The fourth-order valence-corrected chi connectivity index (χ4v) is 4.79. The van der Waals surface area contributed by atoms with Crippen LogP contribution in [0.4, 0.5) is 5.69 Å². The molecule has 0 bridgehead atoms. The number of pyridine rings is 1. The van der Waals surface area contributed by atoms with E-state index in [9.17, 15) is 5.11 Å². The van der Waals surface area contributed by atoms with E-state index in [-0.39, 0.29) is 23.9 Å². The lowest BCUT2D eigenvalue weighted by Crippen LogP contribution is -2.31. The predicted octanol–water partition coefficient (Wildman–Crippen LogP) is 3.94. The van der Waals surface area contributed by atoms with Crippen LogP contribution in [0.1, 0.15) is 36.3 Å². The molecule has 5 rings (SSSR count). The summed E-state index contributed by atoms with van der Waals surface area (Å²) in [6.45, 7) is 1.63. The van der Waals surface area contributed by atoms with Crippen LogP contribution >= 0.6 is 12.2 Å². The molecular weight excluding hydrogens is 396 g/mol. The fourth-order valence-electron chi connectivity index (χ4n) is 4.45. The van der Waals surface area contributed by atoms with Crippen LogP contribution in [0.3, 0.4) is 0 Å². The van der Waals surface area contributed by atoms with Crippen molar-refractivity contribution in [2.75, 3.05) is 11.5 Å². The van der Waals surface area contributed by atoms with Crippen molar-refractivity contribution >= 4 is 23.0 Å². The summed E-state index contributed by atoms with van der Waals surface area (Å²) in [7, 11) is 0. The summed E-state index contributed by atoms with van der Waals surface area (Å²) in [6.07, 6.45) is 6.30. The van der Waals surface area contributed by atoms with Gasteiger partial charge >= 0.3 is 0 Å². The van der Waals surface area contributed by atoms with Crippen molar-refractivity contribution in [2.45, 2.75) is 37.6 Å². The Hall–Kier alpha value is -2.90. The number of thiocarbonyl (C=S) groups is 1. The number of anilines is 1. The van der Waals surface area contributed by atoms with E-state index in [0.717, 1.165) is 37.4 Å². The maximum Gasteiger partial charge on any atom is 0.174 e. The minimum atomic E-state index is -0.155. The summed E-state index contributed by atoms with van der Waals surface area (Å²) < 4.78 is 8.13. The lowest BCUT2D eigenvalue weighted by Gasteiger charge is -2.29. The molecule has 2 aromatic heterocycles. The first-order chi connectivity index (χ1) is 14.7. The number of para-hydroxylation sites is 2. The van der Waals surface area contributed by atoms with Gasteiger partial charge in [0.05, 0.1) is 23.5 Å². The summed E-state index contributed by atoms with van der Waals surface area (Å²) in [5, 5.41) is 14.6. The molecule has 4 heterocycles. The number of phenolic OH excluding ortho intramolecular Hbond substituents is 1. The number of nitrogens with zero attached hydrogens (tertiary/aromatic N) is 3. The second-order valence-corrected chi connectivity index (χ2v) is 8.09. The van der Waals surface area contributed by atoms with Crippen LogP contribution in [0.2, 0.25) is 0 Å². The van der Waals surface area contributed by atoms with Crippen LogP contribution in [0.25, 0.3) is 0 Å². The van der Waals surface area contributed by atoms with E-state index in [1.54, 1.807) is 12.3 Å². The fraction of sp³-hybridized carbons (Fsp3) is 0.304. The Bertz CT molecular complexity index is 1030. The highest BCUT2D eigenvalue weighted by atomic mass is 32.1. The predicted molar refractivity (Wildman–Crippen MR) is 119 cm³/mol. The van der Waals surface area contributed by atoms with Gasteiger partial charge in [0.1, 0.15) is 11.8 Å². The van der Waals surface area contributed by atoms with Crippen LogP contribution in [0, 0.1) is 0 Å². The molecule has 2 fully saturated rings. The van der Waals surface area contributed by atoms with E-state index in [4.69, 9.17) is 17.0 Å². The highest BCUT2D eigenvalue weighted by Crippen LogP contribution is 2.44. The van der Waals surface area contributed by atoms with Crippen LogP contribution in [-0.2, 0) is 11.3 Å². The van der Waals surface area contributed by atoms with Gasteiger partial charge in [-0.2, -0.15) is 0 Å². The van der Waals surface area contributed by atoms with Crippen LogP contribution < -0.4 is 10.2 Å². The van der Waals surface area contributed by atoms with Gasteiger partial charge in [0.25, 0.3) is 0 Å². The first-order valence-electron chi connectivity index (χ1n) is 10.3. The van der Waals surface area contributed by atoms with Gasteiger partial charge in [-0.3, -0.25) is 4.98 Å². The minimum Gasteiger partial charge on any atom is -0.506 e. The summed E-state index contributed by atoms with van der Waals surface area (Å²) >= 11 is 5.74. The summed E-state index contributed by atoms with van der Waals surface area (Å²) in [4.78, 5) is 6.60. The maximum absolute atomic E-state index is 10.6. The van der Waals surface area contributed by atoms with Crippen LogP contribution in [-0.4, -0.2) is 32.5 Å². The number of phenols is 1. The van der Waals surface area contributed by atoms with Crippen molar-refractivity contribution in [1.29, 1.82) is 0 Å². The largest absolute Gasteiger partial charge is 0.506 e. The Morgan fingerprint density at radius 3 is 2.77 bits per heavy atom. The molecule has 2 N–H and O–H groups in total. The Labute approximate surface area is 181 Å². The Balaban J connectivity index is 1.59. The average Bonchev–Trinajstić information content (AvgIpc) is 3.50. The van der Waals surface area contributed by atoms with Gasteiger partial charge in [-0.25, -0.2) is 0 Å². The van der Waals surface area contributed by atoms with E-state index in [2.05, 4.69) is 33.2 Å². The molecule has 0 unspecified atom stereocenters. The third-order valence-electron chi connectivity index (χ3n) is 5.83. The molecule has 3 atom stereocenters. The van der Waals surface area contributed by atoms with E-state index in [0.29, 0.717) is 10.8 Å². The van der Waals surface area contributed by atoms with Crippen LogP contribution in [0.5, 0.6) is 5.75 Å². The average molecular weight is 421 g/mol. The Morgan fingerprint density at radius 2 is 2.00 bits per heavy atom. The number of nitrogens with one attached hydrogen (secondary N) is 1. The Kier molecular flexibility index (Phi) is 5.14. The van der Waals surface area contributed by atoms with Crippen molar-refractivity contribution in [1.82, 2.24) is 14.9 Å². The first-order valence-corrected chi connectivity index (χ1v) is 10.7.